The van der Waals surface area contributed by atoms with E-state index in [1.165, 1.54) is 0 Å². The lowest BCUT2D eigenvalue weighted by Gasteiger charge is -2.01. The van der Waals surface area contributed by atoms with E-state index in [9.17, 15) is 4.79 Å². The zero-order chi connectivity index (χ0) is 12.8. The molecule has 4 heteroatoms. The van der Waals surface area contributed by atoms with Gasteiger partial charge >= 0.3 is 0 Å². The molecule has 1 N–H and O–H groups in total. The fraction of sp³-hybridized carbons (Fsp3) is 0.333. The van der Waals surface area contributed by atoms with Gasteiger partial charge in [0.25, 0.3) is 5.82 Å². The van der Waals surface area contributed by atoms with Crippen LogP contribution in [0.4, 0.5) is 0 Å². The molecule has 1 aromatic heterocycles. The van der Waals surface area contributed by atoms with Crippen molar-refractivity contribution in [2.45, 2.75) is 32.7 Å². The number of aryl methyl sites for hydroxylation is 1. The summed E-state index contributed by atoms with van der Waals surface area (Å²) in [6.45, 7) is 2.58. The van der Waals surface area contributed by atoms with Crippen LogP contribution in [0.2, 0.25) is 0 Å². The number of ketones is 1. The largest absolute Gasteiger partial charge is 1.00 e. The first-order valence-corrected chi connectivity index (χ1v) is 6.45. The van der Waals surface area contributed by atoms with Crippen molar-refractivity contribution >= 4 is 5.78 Å². The van der Waals surface area contributed by atoms with Crippen molar-refractivity contribution in [3.8, 4) is 0 Å². The quantitative estimate of drug-likeness (QED) is 0.563. The van der Waals surface area contributed by atoms with Crippen molar-refractivity contribution in [3.05, 3.63) is 54.1 Å². The lowest BCUT2D eigenvalue weighted by Crippen LogP contribution is -3.00. The molecular weight excluding hydrogens is 260 g/mol. The molecule has 0 aliphatic carbocycles. The molecule has 0 saturated heterocycles. The van der Waals surface area contributed by atoms with E-state index in [0.717, 1.165) is 30.7 Å². The van der Waals surface area contributed by atoms with Crippen LogP contribution in [0.3, 0.4) is 0 Å². The van der Waals surface area contributed by atoms with Gasteiger partial charge in [-0.2, -0.15) is 0 Å². The molecule has 3 nitrogen and oxygen atoms in total. The lowest BCUT2D eigenvalue weighted by molar-refractivity contribution is -0.689. The molecule has 2 rings (SSSR count). The topological polar surface area (TPSA) is 36.7 Å². The molecule has 2 aromatic rings. The minimum Gasteiger partial charge on any atom is -1.00 e. The maximum Gasteiger partial charge on any atom is 0.254 e. The number of aromatic amines is 1. The summed E-state index contributed by atoms with van der Waals surface area (Å²) in [5.74, 6) is 1.28. The number of imidazole rings is 1. The Labute approximate surface area is 120 Å². The number of benzene rings is 1. The van der Waals surface area contributed by atoms with Gasteiger partial charge in [0.1, 0.15) is 12.4 Å². The molecule has 102 valence electrons. The average Bonchev–Trinajstić information content (AvgIpc) is 2.84. The summed E-state index contributed by atoms with van der Waals surface area (Å²) >= 11 is 0. The summed E-state index contributed by atoms with van der Waals surface area (Å²) in [6.07, 6.45) is 7.12. The standard InChI is InChI=1S/C15H18N2O.ClH/c1-2-3-9-15-16-10-11-17(15)12-14(18)13-7-5-4-6-8-13;/h4-8,10-11H,2-3,9,12H2,1H3;1H. The molecule has 1 aromatic carbocycles. The van der Waals surface area contributed by atoms with E-state index < -0.39 is 0 Å². The van der Waals surface area contributed by atoms with Crippen molar-refractivity contribution in [2.24, 2.45) is 0 Å². The van der Waals surface area contributed by atoms with Crippen LogP contribution in [0.15, 0.2) is 42.7 Å². The van der Waals surface area contributed by atoms with Gasteiger partial charge in [-0.15, -0.1) is 0 Å². The van der Waals surface area contributed by atoms with Crippen LogP contribution >= 0.6 is 0 Å². The number of carbonyl (C=O) groups excluding carboxylic acids is 1. The van der Waals surface area contributed by atoms with E-state index in [2.05, 4.69) is 11.9 Å². The Morgan fingerprint density at radius 3 is 2.68 bits per heavy atom. The Bertz CT molecular complexity index is 508. The number of H-pyrrole nitrogens is 1. The maximum absolute atomic E-state index is 12.1. The van der Waals surface area contributed by atoms with Gasteiger partial charge in [-0.25, -0.2) is 9.55 Å². The molecule has 0 spiro atoms. The molecular formula is C15H19ClN2O. The van der Waals surface area contributed by atoms with Crippen LogP contribution in [0, 0.1) is 0 Å². The predicted molar refractivity (Wildman–Crippen MR) is 70.4 cm³/mol. The smallest absolute Gasteiger partial charge is 0.254 e. The predicted octanol–water partition coefficient (Wildman–Crippen LogP) is -0.468. The fourth-order valence-electron chi connectivity index (χ4n) is 1.97. The van der Waals surface area contributed by atoms with Crippen LogP contribution in [-0.2, 0) is 13.0 Å². The summed E-state index contributed by atoms with van der Waals surface area (Å²) in [5, 5.41) is 0. The highest BCUT2D eigenvalue weighted by molar-refractivity contribution is 5.94. The van der Waals surface area contributed by atoms with Crippen LogP contribution in [0.25, 0.3) is 0 Å². The fourth-order valence-corrected chi connectivity index (χ4v) is 1.97. The number of Topliss-reactive ketones (excluding diaryl/α,β-unsaturated/α-hetero) is 1. The summed E-state index contributed by atoms with van der Waals surface area (Å²) in [6, 6.07) is 9.44. The average molecular weight is 279 g/mol. The van der Waals surface area contributed by atoms with E-state index in [4.69, 9.17) is 0 Å². The van der Waals surface area contributed by atoms with E-state index in [-0.39, 0.29) is 18.2 Å². The van der Waals surface area contributed by atoms with Crippen LogP contribution in [0.5, 0.6) is 0 Å². The number of carbonyl (C=O) groups is 1. The highest BCUT2D eigenvalue weighted by atomic mass is 35.5. The lowest BCUT2D eigenvalue weighted by atomic mass is 10.1. The molecule has 0 aliphatic heterocycles. The van der Waals surface area contributed by atoms with Gasteiger partial charge in [-0.05, 0) is 6.42 Å². The number of nitrogens with zero attached hydrogens (tertiary/aromatic N) is 1. The van der Waals surface area contributed by atoms with Crippen molar-refractivity contribution < 1.29 is 21.8 Å². The summed E-state index contributed by atoms with van der Waals surface area (Å²) in [5.41, 5.74) is 0.771. The Balaban J connectivity index is 0.00000180. The minimum absolute atomic E-state index is 0. The van der Waals surface area contributed by atoms with Crippen molar-refractivity contribution in [1.82, 2.24) is 4.98 Å². The zero-order valence-electron chi connectivity index (χ0n) is 11.1. The molecule has 19 heavy (non-hydrogen) atoms. The monoisotopic (exact) mass is 278 g/mol. The Morgan fingerprint density at radius 1 is 1.26 bits per heavy atom. The van der Waals surface area contributed by atoms with Gasteiger partial charge in [0.2, 0.25) is 5.78 Å². The van der Waals surface area contributed by atoms with Gasteiger partial charge in [0.05, 0.1) is 0 Å². The van der Waals surface area contributed by atoms with Gasteiger partial charge in [-0.1, -0.05) is 43.7 Å². The van der Waals surface area contributed by atoms with Gasteiger partial charge in [-0.3, -0.25) is 4.79 Å². The molecule has 0 atom stereocenters. The molecule has 0 radical (unpaired) electrons. The summed E-state index contributed by atoms with van der Waals surface area (Å²) in [4.78, 5) is 15.3. The number of hydrogen-bond donors (Lipinski definition) is 1. The second kappa shape index (κ2) is 7.74. The Kier molecular flexibility index (Phi) is 6.30. The van der Waals surface area contributed by atoms with Crippen LogP contribution in [0.1, 0.15) is 35.9 Å². The first-order chi connectivity index (χ1) is 8.81. The number of halogens is 1. The van der Waals surface area contributed by atoms with E-state index in [1.807, 2.05) is 47.3 Å². The molecule has 0 saturated carbocycles. The zero-order valence-corrected chi connectivity index (χ0v) is 11.9. The molecule has 0 unspecified atom stereocenters. The molecule has 1 heterocycles. The number of unbranched alkanes of at least 4 members (excludes halogenated alkanes) is 1. The van der Waals surface area contributed by atoms with E-state index in [0.29, 0.717) is 6.54 Å². The van der Waals surface area contributed by atoms with Crippen molar-refractivity contribution in [3.63, 3.8) is 0 Å². The molecule has 0 bridgehead atoms. The van der Waals surface area contributed by atoms with Crippen molar-refractivity contribution in [1.29, 1.82) is 0 Å². The molecule has 0 fully saturated rings. The summed E-state index contributed by atoms with van der Waals surface area (Å²) < 4.78 is 2.00. The molecule has 0 amide bonds. The van der Waals surface area contributed by atoms with Gasteiger partial charge in [0.15, 0.2) is 6.54 Å². The van der Waals surface area contributed by atoms with Gasteiger partial charge in [0, 0.05) is 12.0 Å². The third kappa shape index (κ3) is 4.21. The third-order valence-electron chi connectivity index (χ3n) is 3.03. The first kappa shape index (κ1) is 15.4. The number of rotatable bonds is 6. The van der Waals surface area contributed by atoms with E-state index >= 15 is 0 Å². The second-order valence-electron chi connectivity index (χ2n) is 4.43. The minimum atomic E-state index is 0. The number of aromatic nitrogens is 2. The second-order valence-corrected chi connectivity index (χ2v) is 4.43. The highest BCUT2D eigenvalue weighted by Gasteiger charge is 2.14. The van der Waals surface area contributed by atoms with Gasteiger partial charge < -0.3 is 12.4 Å². The molecule has 0 aliphatic rings. The van der Waals surface area contributed by atoms with Crippen LogP contribution in [-0.4, -0.2) is 10.8 Å². The van der Waals surface area contributed by atoms with E-state index in [1.54, 1.807) is 0 Å². The number of nitrogens with one attached hydrogen (secondary N) is 1. The normalized spacial score (nSPS) is 9.95. The first-order valence-electron chi connectivity index (χ1n) is 6.45. The SMILES string of the molecule is CCCCc1[nH]cc[n+]1CC(=O)c1ccccc1.[Cl-]. The maximum atomic E-state index is 12.1. The van der Waals surface area contributed by atoms with Crippen molar-refractivity contribution in [2.75, 3.05) is 0 Å². The Morgan fingerprint density at radius 2 is 2.00 bits per heavy atom. The highest BCUT2D eigenvalue weighted by Crippen LogP contribution is 2.01. The Hall–Kier alpha value is -1.61. The number of hydrogen-bond acceptors (Lipinski definition) is 1. The third-order valence-corrected chi connectivity index (χ3v) is 3.03. The van der Waals surface area contributed by atoms with Crippen LogP contribution < -0.4 is 17.0 Å². The summed E-state index contributed by atoms with van der Waals surface area (Å²) in [7, 11) is 0.